The molecule has 0 saturated carbocycles. The number of fused-ring (bicyclic) bond motifs is 1. The minimum absolute atomic E-state index is 0.0775. The summed E-state index contributed by atoms with van der Waals surface area (Å²) in [6.45, 7) is 8.06. The van der Waals surface area contributed by atoms with Crippen LogP contribution in [0.4, 0.5) is 5.69 Å². The van der Waals surface area contributed by atoms with Crippen molar-refractivity contribution >= 4 is 17.6 Å². The number of ether oxygens (including phenoxy) is 1. The van der Waals surface area contributed by atoms with Crippen LogP contribution >= 0.6 is 0 Å². The number of carbonyl (C=O) groups excluding carboxylic acids is 1. The maximum Gasteiger partial charge on any atom is 0.305 e. The molecule has 5 heteroatoms. The fourth-order valence-corrected chi connectivity index (χ4v) is 2.75. The summed E-state index contributed by atoms with van der Waals surface area (Å²) in [5.74, 6) is -0.284. The molecule has 0 aliphatic carbocycles. The monoisotopic (exact) mass is 305 g/mol. The second kappa shape index (κ2) is 6.38. The number of carboxylic acids is 1. The number of carbonyl (C=O) groups is 2. The van der Waals surface area contributed by atoms with Crippen molar-refractivity contribution in [3.8, 4) is 5.75 Å². The summed E-state index contributed by atoms with van der Waals surface area (Å²) in [5, 5.41) is 8.94. The molecule has 1 heterocycles. The van der Waals surface area contributed by atoms with Crippen LogP contribution in [-0.2, 0) is 9.59 Å². The number of nitrogens with zero attached hydrogens (tertiary/aromatic N) is 1. The number of carboxylic acid groups (broad SMARTS) is 1. The number of benzene rings is 1. The molecule has 0 radical (unpaired) electrons. The standard InChI is InChI=1S/C17H23NO4/c1-5-11(3)16-17(21)18(7-6-14(19)20)13-9-10(2)8-12(4)15(13)22-16/h8-9,11,16H,5-7H2,1-4H3,(H,19,20)/t11-,16+/m0/s1. The first-order valence-corrected chi connectivity index (χ1v) is 7.66. The van der Waals surface area contributed by atoms with Gasteiger partial charge in [-0.15, -0.1) is 0 Å². The first kappa shape index (κ1) is 16.3. The Labute approximate surface area is 130 Å². The van der Waals surface area contributed by atoms with Gasteiger partial charge < -0.3 is 14.7 Å². The second-order valence-corrected chi connectivity index (χ2v) is 5.99. The third kappa shape index (κ3) is 3.08. The summed E-state index contributed by atoms with van der Waals surface area (Å²) in [4.78, 5) is 25.2. The Morgan fingerprint density at radius 2 is 2.09 bits per heavy atom. The Morgan fingerprint density at radius 1 is 1.41 bits per heavy atom. The van der Waals surface area contributed by atoms with Crippen LogP contribution < -0.4 is 9.64 Å². The third-order valence-corrected chi connectivity index (χ3v) is 4.15. The molecule has 2 rings (SSSR count). The lowest BCUT2D eigenvalue weighted by atomic mass is 9.97. The summed E-state index contributed by atoms with van der Waals surface area (Å²) >= 11 is 0. The molecule has 2 atom stereocenters. The number of hydrogen-bond donors (Lipinski definition) is 1. The van der Waals surface area contributed by atoms with Gasteiger partial charge in [-0.05, 0) is 37.5 Å². The third-order valence-electron chi connectivity index (χ3n) is 4.15. The van der Waals surface area contributed by atoms with Gasteiger partial charge in [-0.25, -0.2) is 0 Å². The fraction of sp³-hybridized carbons (Fsp3) is 0.529. The van der Waals surface area contributed by atoms with Crippen molar-refractivity contribution in [1.82, 2.24) is 0 Å². The molecule has 5 nitrogen and oxygen atoms in total. The van der Waals surface area contributed by atoms with E-state index in [1.807, 2.05) is 39.8 Å². The highest BCUT2D eigenvalue weighted by atomic mass is 16.5. The summed E-state index contributed by atoms with van der Waals surface area (Å²) in [5.41, 5.74) is 2.68. The Balaban J connectivity index is 2.45. The largest absolute Gasteiger partial charge is 0.481 e. The smallest absolute Gasteiger partial charge is 0.305 e. The highest BCUT2D eigenvalue weighted by molar-refractivity contribution is 6.01. The van der Waals surface area contributed by atoms with Gasteiger partial charge in [0.05, 0.1) is 12.1 Å². The molecule has 1 N–H and O–H groups in total. The van der Waals surface area contributed by atoms with Gasteiger partial charge in [0.2, 0.25) is 0 Å². The van der Waals surface area contributed by atoms with Crippen LogP contribution in [0.25, 0.3) is 0 Å². The van der Waals surface area contributed by atoms with Gasteiger partial charge in [0, 0.05) is 12.5 Å². The molecular weight excluding hydrogens is 282 g/mol. The van der Waals surface area contributed by atoms with Crippen molar-refractivity contribution in [3.63, 3.8) is 0 Å². The van der Waals surface area contributed by atoms with Gasteiger partial charge in [-0.2, -0.15) is 0 Å². The van der Waals surface area contributed by atoms with Crippen LogP contribution in [-0.4, -0.2) is 29.6 Å². The molecule has 0 aromatic heterocycles. The molecule has 0 fully saturated rings. The van der Waals surface area contributed by atoms with Crippen molar-refractivity contribution in [1.29, 1.82) is 0 Å². The molecule has 0 bridgehead atoms. The number of amides is 1. The SMILES string of the molecule is CC[C@H](C)[C@H]1Oc2c(C)cc(C)cc2N(CCC(=O)O)C1=O. The second-order valence-electron chi connectivity index (χ2n) is 5.99. The van der Waals surface area contributed by atoms with Gasteiger partial charge in [0.1, 0.15) is 5.75 Å². The average molecular weight is 305 g/mol. The quantitative estimate of drug-likeness (QED) is 0.908. The minimum Gasteiger partial charge on any atom is -0.481 e. The van der Waals surface area contributed by atoms with E-state index in [9.17, 15) is 9.59 Å². The van der Waals surface area contributed by atoms with E-state index in [-0.39, 0.29) is 24.8 Å². The zero-order valence-electron chi connectivity index (χ0n) is 13.5. The predicted octanol–water partition coefficient (Wildman–Crippen LogP) is 2.92. The number of aryl methyl sites for hydroxylation is 2. The molecule has 1 aromatic carbocycles. The highest BCUT2D eigenvalue weighted by Crippen LogP contribution is 2.39. The van der Waals surface area contributed by atoms with Crippen molar-refractivity contribution in [2.45, 2.75) is 46.6 Å². The molecule has 0 unspecified atom stereocenters. The Hall–Kier alpha value is -2.04. The van der Waals surface area contributed by atoms with Crippen molar-refractivity contribution in [2.75, 3.05) is 11.4 Å². The van der Waals surface area contributed by atoms with E-state index in [1.165, 1.54) is 0 Å². The molecule has 1 amide bonds. The van der Waals surface area contributed by atoms with E-state index < -0.39 is 12.1 Å². The van der Waals surface area contributed by atoms with E-state index in [0.717, 1.165) is 17.5 Å². The van der Waals surface area contributed by atoms with Gasteiger partial charge in [-0.1, -0.05) is 19.9 Å². The van der Waals surface area contributed by atoms with Crippen LogP contribution in [0, 0.1) is 19.8 Å². The summed E-state index contributed by atoms with van der Waals surface area (Å²) < 4.78 is 5.98. The van der Waals surface area contributed by atoms with Crippen LogP contribution in [0.15, 0.2) is 12.1 Å². The van der Waals surface area contributed by atoms with Gasteiger partial charge >= 0.3 is 5.97 Å². The number of anilines is 1. The van der Waals surface area contributed by atoms with E-state index in [1.54, 1.807) is 4.90 Å². The van der Waals surface area contributed by atoms with Gasteiger partial charge in [0.25, 0.3) is 5.91 Å². The van der Waals surface area contributed by atoms with E-state index in [2.05, 4.69) is 0 Å². The summed E-state index contributed by atoms with van der Waals surface area (Å²) in [6.07, 6.45) is 0.196. The minimum atomic E-state index is -0.912. The van der Waals surface area contributed by atoms with Crippen LogP contribution in [0.5, 0.6) is 5.75 Å². The summed E-state index contributed by atoms with van der Waals surface area (Å²) in [6, 6.07) is 3.90. The first-order valence-electron chi connectivity index (χ1n) is 7.66. The van der Waals surface area contributed by atoms with Crippen LogP contribution in [0.1, 0.15) is 37.8 Å². The summed E-state index contributed by atoms with van der Waals surface area (Å²) in [7, 11) is 0. The van der Waals surface area contributed by atoms with Crippen molar-refractivity contribution in [3.05, 3.63) is 23.3 Å². The lowest BCUT2D eigenvalue weighted by Crippen LogP contribution is -2.49. The molecule has 1 aromatic rings. The first-order chi connectivity index (χ1) is 10.3. The Morgan fingerprint density at radius 3 is 2.68 bits per heavy atom. The predicted molar refractivity (Wildman–Crippen MR) is 84.4 cm³/mol. The molecule has 1 aliphatic rings. The van der Waals surface area contributed by atoms with E-state index in [4.69, 9.17) is 9.84 Å². The lowest BCUT2D eigenvalue weighted by molar-refractivity contribution is -0.136. The molecule has 0 saturated heterocycles. The lowest BCUT2D eigenvalue weighted by Gasteiger charge is -2.37. The number of hydrogen-bond acceptors (Lipinski definition) is 3. The maximum atomic E-state index is 12.7. The highest BCUT2D eigenvalue weighted by Gasteiger charge is 2.38. The van der Waals surface area contributed by atoms with E-state index in [0.29, 0.717) is 11.4 Å². The zero-order valence-corrected chi connectivity index (χ0v) is 13.5. The Kier molecular flexibility index (Phi) is 4.74. The molecule has 120 valence electrons. The molecule has 0 spiro atoms. The molecule has 1 aliphatic heterocycles. The van der Waals surface area contributed by atoms with Crippen LogP contribution in [0.3, 0.4) is 0 Å². The number of rotatable bonds is 5. The molecule has 22 heavy (non-hydrogen) atoms. The number of aliphatic carboxylic acids is 1. The fourth-order valence-electron chi connectivity index (χ4n) is 2.75. The van der Waals surface area contributed by atoms with Crippen molar-refractivity contribution in [2.24, 2.45) is 5.92 Å². The normalized spacial score (nSPS) is 18.6. The zero-order chi connectivity index (χ0) is 16.4. The maximum absolute atomic E-state index is 12.7. The van der Waals surface area contributed by atoms with E-state index >= 15 is 0 Å². The average Bonchev–Trinajstić information content (AvgIpc) is 2.44. The van der Waals surface area contributed by atoms with Crippen molar-refractivity contribution < 1.29 is 19.4 Å². The molecular formula is C17H23NO4. The topological polar surface area (TPSA) is 66.8 Å². The van der Waals surface area contributed by atoms with Crippen LogP contribution in [0.2, 0.25) is 0 Å². The Bertz CT molecular complexity index is 597. The van der Waals surface area contributed by atoms with Gasteiger partial charge in [-0.3, -0.25) is 9.59 Å². The van der Waals surface area contributed by atoms with Gasteiger partial charge in [0.15, 0.2) is 6.10 Å².